The molecular formula is C14H24N12O4. The number of esters is 2. The van der Waals surface area contributed by atoms with Gasteiger partial charge in [-0.3, -0.25) is 9.59 Å². The molecule has 0 aliphatic rings. The number of hydrogen-bond donors (Lipinski definition) is 0. The van der Waals surface area contributed by atoms with E-state index in [4.69, 9.17) is 9.47 Å². The van der Waals surface area contributed by atoms with E-state index >= 15 is 0 Å². The summed E-state index contributed by atoms with van der Waals surface area (Å²) in [7, 11) is 3.08. The average Bonchev–Trinajstić information content (AvgIpc) is 3.27. The van der Waals surface area contributed by atoms with E-state index < -0.39 is 11.9 Å². The Morgan fingerprint density at radius 3 is 1.53 bits per heavy atom. The lowest BCUT2D eigenvalue weighted by molar-refractivity contribution is -0.149. The maximum Gasteiger partial charge on any atom is 0.328 e. The zero-order chi connectivity index (χ0) is 22.3. The van der Waals surface area contributed by atoms with Crippen molar-refractivity contribution in [1.82, 2.24) is 40.4 Å². The zero-order valence-electron chi connectivity index (χ0n) is 17.6. The molecule has 16 heteroatoms. The molecule has 0 saturated heterocycles. The van der Waals surface area contributed by atoms with Crippen LogP contribution < -0.4 is 10.0 Å². The Kier molecular flexibility index (Phi) is 7.65. The predicted octanol–water partition coefficient (Wildman–Crippen LogP) is -0.582. The van der Waals surface area contributed by atoms with Crippen LogP contribution in [0.1, 0.15) is 27.7 Å². The summed E-state index contributed by atoms with van der Waals surface area (Å²) in [6, 6.07) is 0. The van der Waals surface area contributed by atoms with E-state index in [2.05, 4.69) is 41.5 Å². The number of ether oxygens (including phenoxy) is 2. The quantitative estimate of drug-likeness (QED) is 0.270. The number of aromatic nitrogens is 8. The molecule has 0 unspecified atom stereocenters. The number of carbonyl (C=O) groups excluding carboxylic acids is 2. The van der Waals surface area contributed by atoms with Crippen molar-refractivity contribution in [3.8, 4) is 0 Å². The average molecular weight is 424 g/mol. The van der Waals surface area contributed by atoms with Gasteiger partial charge in [0.05, 0.1) is 12.2 Å². The smallest absolute Gasteiger partial charge is 0.328 e. The van der Waals surface area contributed by atoms with Gasteiger partial charge in [0.25, 0.3) is 11.9 Å². The van der Waals surface area contributed by atoms with Gasteiger partial charge in [-0.1, -0.05) is 10.2 Å². The Morgan fingerprint density at radius 2 is 1.20 bits per heavy atom. The highest BCUT2D eigenvalue weighted by Crippen LogP contribution is 2.11. The Labute approximate surface area is 171 Å². The Morgan fingerprint density at radius 1 is 0.833 bits per heavy atom. The third-order valence-electron chi connectivity index (χ3n) is 3.21. The number of rotatable bonds is 10. The highest BCUT2D eigenvalue weighted by Gasteiger charge is 2.18. The molecule has 2 rings (SSSR count). The molecule has 2 heterocycles. The molecular weight excluding hydrogens is 400 g/mol. The number of carbonyl (C=O) groups is 2. The molecule has 164 valence electrons. The maximum absolute atomic E-state index is 11.8. The second kappa shape index (κ2) is 10.2. The zero-order valence-corrected chi connectivity index (χ0v) is 17.6. The molecule has 0 N–H and O–H groups in total. The third kappa shape index (κ3) is 6.42. The summed E-state index contributed by atoms with van der Waals surface area (Å²) in [5, 5.41) is 32.6. The minimum absolute atomic E-state index is 0.160. The number of hydrogen-bond acceptors (Lipinski definition) is 12. The lowest BCUT2D eigenvalue weighted by Gasteiger charge is -2.14. The van der Waals surface area contributed by atoms with Gasteiger partial charge in [0.15, 0.2) is 0 Å². The fourth-order valence-electron chi connectivity index (χ4n) is 2.11. The third-order valence-corrected chi connectivity index (χ3v) is 3.21. The predicted molar refractivity (Wildman–Crippen MR) is 99.8 cm³/mol. The number of nitrogens with zero attached hydrogens (tertiary/aromatic N) is 12. The highest BCUT2D eigenvalue weighted by molar-refractivity contribution is 5.70. The van der Waals surface area contributed by atoms with E-state index in [-0.39, 0.29) is 37.2 Å². The van der Waals surface area contributed by atoms with Crippen LogP contribution in [0.3, 0.4) is 0 Å². The van der Waals surface area contributed by atoms with Crippen molar-refractivity contribution in [3.63, 3.8) is 0 Å². The summed E-state index contributed by atoms with van der Waals surface area (Å²) in [5.74, 6) is -0.664. The van der Waals surface area contributed by atoms with E-state index in [9.17, 15) is 9.59 Å². The molecule has 0 aliphatic heterocycles. The fourth-order valence-corrected chi connectivity index (χ4v) is 2.11. The molecule has 0 aromatic carbocycles. The molecule has 0 fully saturated rings. The molecule has 2 aromatic heterocycles. The number of tetrazole rings is 2. The molecule has 0 bridgehead atoms. The minimum Gasteiger partial charge on any atom is -0.462 e. The largest absolute Gasteiger partial charge is 0.462 e. The van der Waals surface area contributed by atoms with Crippen molar-refractivity contribution in [2.45, 2.75) is 53.0 Å². The van der Waals surface area contributed by atoms with E-state index in [1.54, 1.807) is 27.7 Å². The lowest BCUT2D eigenvalue weighted by Crippen LogP contribution is -2.24. The molecule has 16 nitrogen and oxygen atoms in total. The standard InChI is InChI=1S/C14H24N12O4/c1-9(2)29-11(27)7-25-13(15-17-19-25)23(5)21-22-24(6)14-16-18-20-26(14)8-12(28)30-10(3)4/h9-10H,7-8H2,1-6H3. The van der Waals surface area contributed by atoms with E-state index in [1.807, 2.05) is 0 Å². The van der Waals surface area contributed by atoms with Crippen LogP contribution in [0.25, 0.3) is 0 Å². The van der Waals surface area contributed by atoms with Crippen LogP contribution in [-0.2, 0) is 32.2 Å². The van der Waals surface area contributed by atoms with Gasteiger partial charge in [0.1, 0.15) is 13.1 Å². The van der Waals surface area contributed by atoms with E-state index in [0.29, 0.717) is 0 Å². The van der Waals surface area contributed by atoms with Gasteiger partial charge in [-0.2, -0.15) is 9.36 Å². The van der Waals surface area contributed by atoms with Crippen molar-refractivity contribution in [2.75, 3.05) is 24.1 Å². The van der Waals surface area contributed by atoms with Crippen LogP contribution >= 0.6 is 0 Å². The summed E-state index contributed by atoms with van der Waals surface area (Å²) < 4.78 is 12.6. The molecule has 0 radical (unpaired) electrons. The molecule has 0 amide bonds. The van der Waals surface area contributed by atoms with Gasteiger partial charge < -0.3 is 9.47 Å². The SMILES string of the molecule is CC(C)OC(=O)Cn1nnnc1N(C)N=NN(C)c1nnnn1CC(=O)OC(C)C. The van der Waals surface area contributed by atoms with Gasteiger partial charge in [-0.25, -0.2) is 10.0 Å². The summed E-state index contributed by atoms with van der Waals surface area (Å²) in [5.41, 5.74) is 0. The van der Waals surface area contributed by atoms with E-state index in [1.165, 1.54) is 33.5 Å². The van der Waals surface area contributed by atoms with Crippen LogP contribution in [0, 0.1) is 0 Å². The van der Waals surface area contributed by atoms with Gasteiger partial charge in [0.2, 0.25) is 0 Å². The summed E-state index contributed by atoms with van der Waals surface area (Å²) in [6.07, 6.45) is -0.514. The van der Waals surface area contributed by atoms with Gasteiger partial charge in [-0.15, -0.1) is 0 Å². The first-order chi connectivity index (χ1) is 14.2. The first-order valence-electron chi connectivity index (χ1n) is 8.97. The summed E-state index contributed by atoms with van der Waals surface area (Å²) in [4.78, 5) is 23.7. The Bertz CT molecular complexity index is 806. The molecule has 0 aliphatic carbocycles. The topological polar surface area (TPSA) is 171 Å². The molecule has 0 saturated carbocycles. The van der Waals surface area contributed by atoms with Gasteiger partial charge in [0, 0.05) is 14.1 Å². The van der Waals surface area contributed by atoms with Crippen LogP contribution in [0.4, 0.5) is 11.9 Å². The molecule has 0 spiro atoms. The van der Waals surface area contributed by atoms with Crippen molar-refractivity contribution < 1.29 is 19.1 Å². The summed E-state index contributed by atoms with van der Waals surface area (Å²) in [6.45, 7) is 6.59. The second-order valence-electron chi connectivity index (χ2n) is 6.58. The van der Waals surface area contributed by atoms with Gasteiger partial charge >= 0.3 is 11.9 Å². The van der Waals surface area contributed by atoms with Crippen molar-refractivity contribution in [3.05, 3.63) is 0 Å². The molecule has 30 heavy (non-hydrogen) atoms. The van der Waals surface area contributed by atoms with Crippen molar-refractivity contribution >= 4 is 23.8 Å². The van der Waals surface area contributed by atoms with Crippen LogP contribution in [0.5, 0.6) is 0 Å². The maximum atomic E-state index is 11.8. The monoisotopic (exact) mass is 424 g/mol. The minimum atomic E-state index is -0.492. The Hall–Kier alpha value is -3.72. The molecule has 2 aromatic rings. The first kappa shape index (κ1) is 22.6. The van der Waals surface area contributed by atoms with Crippen molar-refractivity contribution in [1.29, 1.82) is 0 Å². The van der Waals surface area contributed by atoms with Crippen LogP contribution in [0.15, 0.2) is 10.4 Å². The van der Waals surface area contributed by atoms with E-state index in [0.717, 1.165) is 0 Å². The number of anilines is 2. The summed E-state index contributed by atoms with van der Waals surface area (Å²) >= 11 is 0. The normalized spacial score (nSPS) is 11.3. The molecule has 0 atom stereocenters. The van der Waals surface area contributed by atoms with Crippen LogP contribution in [0.2, 0.25) is 0 Å². The Balaban J connectivity index is 2.03. The highest BCUT2D eigenvalue weighted by atomic mass is 16.5. The van der Waals surface area contributed by atoms with Gasteiger partial charge in [-0.05, 0) is 59.0 Å². The lowest BCUT2D eigenvalue weighted by atomic mass is 10.5. The second-order valence-corrected chi connectivity index (χ2v) is 6.58. The van der Waals surface area contributed by atoms with Crippen LogP contribution in [-0.4, -0.2) is 78.7 Å². The van der Waals surface area contributed by atoms with Crippen molar-refractivity contribution in [2.24, 2.45) is 10.4 Å². The first-order valence-corrected chi connectivity index (χ1v) is 8.97. The fraction of sp³-hybridized carbons (Fsp3) is 0.714.